The zero-order chi connectivity index (χ0) is 15.5. The van der Waals surface area contributed by atoms with Crippen LogP contribution in [0.25, 0.3) is 5.69 Å². The minimum absolute atomic E-state index is 0.114. The quantitative estimate of drug-likeness (QED) is 0.876. The molecule has 0 aliphatic rings. The van der Waals surface area contributed by atoms with Gasteiger partial charge in [0.05, 0.1) is 11.8 Å². The molecule has 1 aromatic heterocycles. The molecule has 0 fully saturated rings. The highest BCUT2D eigenvalue weighted by molar-refractivity contribution is 5.34. The van der Waals surface area contributed by atoms with E-state index in [9.17, 15) is 5.11 Å². The van der Waals surface area contributed by atoms with Crippen molar-refractivity contribution in [3.05, 3.63) is 36.2 Å². The molecule has 0 aliphatic carbocycles. The Morgan fingerprint density at radius 1 is 1.24 bits per heavy atom. The van der Waals surface area contributed by atoms with Gasteiger partial charge in [0.25, 0.3) is 0 Å². The molecule has 114 valence electrons. The number of tetrazole rings is 1. The van der Waals surface area contributed by atoms with Crippen molar-refractivity contribution in [1.29, 1.82) is 0 Å². The summed E-state index contributed by atoms with van der Waals surface area (Å²) in [6, 6.07) is 8.20. The number of nitrogens with one attached hydrogen (secondary N) is 1. The Labute approximate surface area is 125 Å². The minimum Gasteiger partial charge on any atom is -0.391 e. The normalized spacial score (nSPS) is 14.9. The van der Waals surface area contributed by atoms with Crippen LogP contribution >= 0.6 is 0 Å². The number of rotatable bonds is 5. The van der Waals surface area contributed by atoms with E-state index < -0.39 is 0 Å². The van der Waals surface area contributed by atoms with Crippen LogP contribution in [0.2, 0.25) is 0 Å². The van der Waals surface area contributed by atoms with E-state index in [0.29, 0.717) is 6.54 Å². The molecule has 6 nitrogen and oxygen atoms in total. The number of aliphatic hydroxyl groups excluding tert-OH is 1. The first-order chi connectivity index (χ1) is 9.88. The first kappa shape index (κ1) is 15.6. The molecule has 0 spiro atoms. The van der Waals surface area contributed by atoms with Gasteiger partial charge in [-0.1, -0.05) is 32.9 Å². The number of hydrogen-bond acceptors (Lipinski definition) is 5. The molecule has 0 radical (unpaired) electrons. The Kier molecular flexibility index (Phi) is 4.69. The third kappa shape index (κ3) is 4.09. The standard InChI is InChI=1S/C15H23N5O/c1-11(16-9-14(21)15(2,3)4)12-5-7-13(8-6-12)20-10-17-18-19-20/h5-8,10-11,14,16,21H,9H2,1-4H3. The van der Waals surface area contributed by atoms with E-state index in [0.717, 1.165) is 11.3 Å². The van der Waals surface area contributed by atoms with E-state index in [1.807, 2.05) is 45.0 Å². The summed E-state index contributed by atoms with van der Waals surface area (Å²) in [7, 11) is 0. The maximum atomic E-state index is 10.1. The number of hydrogen-bond donors (Lipinski definition) is 2. The SMILES string of the molecule is CC(NCC(O)C(C)(C)C)c1ccc(-n2cnnn2)cc1. The number of aliphatic hydroxyl groups is 1. The number of aromatic nitrogens is 4. The van der Waals surface area contributed by atoms with Gasteiger partial charge in [0.2, 0.25) is 0 Å². The first-order valence-corrected chi connectivity index (χ1v) is 7.12. The van der Waals surface area contributed by atoms with Gasteiger partial charge in [0.15, 0.2) is 0 Å². The molecule has 2 unspecified atom stereocenters. The van der Waals surface area contributed by atoms with Gasteiger partial charge in [-0.2, -0.15) is 0 Å². The van der Waals surface area contributed by atoms with Crippen molar-refractivity contribution in [2.75, 3.05) is 6.54 Å². The van der Waals surface area contributed by atoms with E-state index in [1.165, 1.54) is 0 Å². The fourth-order valence-electron chi connectivity index (χ4n) is 1.91. The Bertz CT molecular complexity index is 544. The number of benzene rings is 1. The van der Waals surface area contributed by atoms with Crippen molar-refractivity contribution in [1.82, 2.24) is 25.5 Å². The molecule has 2 aromatic rings. The van der Waals surface area contributed by atoms with Gasteiger partial charge >= 0.3 is 0 Å². The summed E-state index contributed by atoms with van der Waals surface area (Å²) < 4.78 is 1.62. The lowest BCUT2D eigenvalue weighted by atomic mass is 9.89. The van der Waals surface area contributed by atoms with Crippen LogP contribution in [0.5, 0.6) is 0 Å². The van der Waals surface area contributed by atoms with Crippen molar-refractivity contribution in [3.8, 4) is 5.69 Å². The largest absolute Gasteiger partial charge is 0.391 e. The third-order valence-electron chi connectivity index (χ3n) is 3.62. The molecular weight excluding hydrogens is 266 g/mol. The van der Waals surface area contributed by atoms with Crippen LogP contribution in [0.15, 0.2) is 30.6 Å². The summed E-state index contributed by atoms with van der Waals surface area (Å²) >= 11 is 0. The van der Waals surface area contributed by atoms with E-state index in [4.69, 9.17) is 0 Å². The molecular formula is C15H23N5O. The number of nitrogens with zero attached hydrogens (tertiary/aromatic N) is 4. The molecule has 21 heavy (non-hydrogen) atoms. The highest BCUT2D eigenvalue weighted by Gasteiger charge is 2.22. The monoisotopic (exact) mass is 289 g/mol. The van der Waals surface area contributed by atoms with Gasteiger partial charge in [-0.15, -0.1) is 5.10 Å². The summed E-state index contributed by atoms with van der Waals surface area (Å²) in [4.78, 5) is 0. The van der Waals surface area contributed by atoms with Crippen LogP contribution in [0.3, 0.4) is 0 Å². The summed E-state index contributed by atoms with van der Waals surface area (Å²) in [5, 5.41) is 24.5. The van der Waals surface area contributed by atoms with Crippen molar-refractivity contribution < 1.29 is 5.11 Å². The average Bonchev–Trinajstić information content (AvgIpc) is 2.97. The molecule has 0 saturated heterocycles. The first-order valence-electron chi connectivity index (χ1n) is 7.12. The Hall–Kier alpha value is -1.79. The van der Waals surface area contributed by atoms with Crippen LogP contribution < -0.4 is 5.32 Å². The molecule has 2 N–H and O–H groups in total. The highest BCUT2D eigenvalue weighted by atomic mass is 16.3. The lowest BCUT2D eigenvalue weighted by Gasteiger charge is -2.27. The van der Waals surface area contributed by atoms with E-state index in [-0.39, 0.29) is 17.6 Å². The summed E-state index contributed by atoms with van der Waals surface area (Å²) in [6.07, 6.45) is 1.19. The van der Waals surface area contributed by atoms with Gasteiger partial charge in [-0.05, 0) is 40.5 Å². The lowest BCUT2D eigenvalue weighted by molar-refractivity contribution is 0.0609. The smallest absolute Gasteiger partial charge is 0.143 e. The van der Waals surface area contributed by atoms with Crippen molar-refractivity contribution >= 4 is 0 Å². The van der Waals surface area contributed by atoms with Gasteiger partial charge in [0, 0.05) is 12.6 Å². The van der Waals surface area contributed by atoms with Crippen LogP contribution in [-0.4, -0.2) is 38.0 Å². The second-order valence-electron chi connectivity index (χ2n) is 6.36. The van der Waals surface area contributed by atoms with Crippen LogP contribution in [-0.2, 0) is 0 Å². The Balaban J connectivity index is 1.96. The summed E-state index contributed by atoms with van der Waals surface area (Å²) in [5.74, 6) is 0. The van der Waals surface area contributed by atoms with E-state index >= 15 is 0 Å². The minimum atomic E-state index is -0.375. The van der Waals surface area contributed by atoms with Crippen molar-refractivity contribution in [2.24, 2.45) is 5.41 Å². The van der Waals surface area contributed by atoms with Crippen LogP contribution in [0.1, 0.15) is 39.3 Å². The predicted molar refractivity (Wildman–Crippen MR) is 81.0 cm³/mol. The zero-order valence-electron chi connectivity index (χ0n) is 13.0. The summed E-state index contributed by atoms with van der Waals surface area (Å²) in [6.45, 7) is 8.75. The fraction of sp³-hybridized carbons (Fsp3) is 0.533. The molecule has 0 saturated carbocycles. The van der Waals surface area contributed by atoms with Gasteiger partial charge < -0.3 is 10.4 Å². The molecule has 2 rings (SSSR count). The van der Waals surface area contributed by atoms with Crippen molar-refractivity contribution in [3.63, 3.8) is 0 Å². The second-order valence-corrected chi connectivity index (χ2v) is 6.36. The van der Waals surface area contributed by atoms with E-state index in [1.54, 1.807) is 11.0 Å². The van der Waals surface area contributed by atoms with Gasteiger partial charge in [0.1, 0.15) is 6.33 Å². The molecule has 1 aromatic carbocycles. The highest BCUT2D eigenvalue weighted by Crippen LogP contribution is 2.20. The Morgan fingerprint density at radius 3 is 2.43 bits per heavy atom. The predicted octanol–water partition coefficient (Wildman–Crippen LogP) is 1.72. The third-order valence-corrected chi connectivity index (χ3v) is 3.62. The van der Waals surface area contributed by atoms with E-state index in [2.05, 4.69) is 27.8 Å². The molecule has 6 heteroatoms. The second kappa shape index (κ2) is 6.32. The molecule has 0 amide bonds. The van der Waals surface area contributed by atoms with Gasteiger partial charge in [-0.25, -0.2) is 4.68 Å². The van der Waals surface area contributed by atoms with Crippen LogP contribution in [0.4, 0.5) is 0 Å². The van der Waals surface area contributed by atoms with Crippen LogP contribution in [0, 0.1) is 5.41 Å². The zero-order valence-corrected chi connectivity index (χ0v) is 13.0. The van der Waals surface area contributed by atoms with Crippen molar-refractivity contribution in [2.45, 2.75) is 39.8 Å². The molecule has 0 bridgehead atoms. The molecule has 0 aliphatic heterocycles. The maximum Gasteiger partial charge on any atom is 0.143 e. The summed E-state index contributed by atoms with van der Waals surface area (Å²) in [5.41, 5.74) is 1.97. The fourth-order valence-corrected chi connectivity index (χ4v) is 1.91. The Morgan fingerprint density at radius 2 is 1.90 bits per heavy atom. The molecule has 1 heterocycles. The maximum absolute atomic E-state index is 10.1. The van der Waals surface area contributed by atoms with Gasteiger partial charge in [-0.3, -0.25) is 0 Å². The lowest BCUT2D eigenvalue weighted by Crippen LogP contribution is -2.37. The average molecular weight is 289 g/mol. The molecule has 2 atom stereocenters. The topological polar surface area (TPSA) is 75.9 Å².